The van der Waals surface area contributed by atoms with Gasteiger partial charge in [0.15, 0.2) is 0 Å². The lowest BCUT2D eigenvalue weighted by Crippen LogP contribution is -2.45. The number of aromatic nitrogens is 1. The van der Waals surface area contributed by atoms with Crippen LogP contribution in [0, 0.1) is 5.41 Å². The van der Waals surface area contributed by atoms with Crippen LogP contribution in [0.15, 0.2) is 18.3 Å². The molecule has 0 spiro atoms. The molecule has 3 rings (SSSR count). The van der Waals surface area contributed by atoms with Gasteiger partial charge in [-0.05, 0) is 51.2 Å². The number of carbonyl (C=O) groups excluding carboxylic acids is 1. The summed E-state index contributed by atoms with van der Waals surface area (Å²) in [5, 5.41) is 9.26. The lowest BCUT2D eigenvalue weighted by Gasteiger charge is -2.37. The molecule has 1 saturated heterocycles. The fraction of sp³-hybridized carbons (Fsp3) is 0.625. The second kappa shape index (κ2) is 5.20. The Hall–Kier alpha value is -1.78. The zero-order chi connectivity index (χ0) is 15.0. The summed E-state index contributed by atoms with van der Waals surface area (Å²) in [6.45, 7) is 2.82. The number of carbonyl (C=O) groups is 2. The van der Waals surface area contributed by atoms with Gasteiger partial charge in [-0.3, -0.25) is 9.59 Å². The van der Waals surface area contributed by atoms with Crippen LogP contribution < -0.4 is 0 Å². The number of carboxylic acids is 1. The van der Waals surface area contributed by atoms with E-state index in [2.05, 4.69) is 4.57 Å². The van der Waals surface area contributed by atoms with Crippen molar-refractivity contribution in [2.45, 2.75) is 45.1 Å². The smallest absolute Gasteiger partial charge is 0.309 e. The van der Waals surface area contributed by atoms with Crippen LogP contribution in [0.3, 0.4) is 0 Å². The van der Waals surface area contributed by atoms with Crippen molar-refractivity contribution in [2.75, 3.05) is 13.1 Å². The molecule has 0 unspecified atom stereocenters. The SMILES string of the molecule is CC1(C(=O)O)CCN(C(=O)c2cccn2C2CCC2)CC1. The molecule has 2 aliphatic rings. The molecule has 1 aliphatic carbocycles. The molecular weight excluding hydrogens is 268 g/mol. The Kier molecular flexibility index (Phi) is 3.51. The van der Waals surface area contributed by atoms with Crippen molar-refractivity contribution in [1.29, 1.82) is 0 Å². The van der Waals surface area contributed by atoms with E-state index < -0.39 is 11.4 Å². The summed E-state index contributed by atoms with van der Waals surface area (Å²) in [6, 6.07) is 4.27. The van der Waals surface area contributed by atoms with Crippen molar-refractivity contribution in [2.24, 2.45) is 5.41 Å². The van der Waals surface area contributed by atoms with E-state index in [1.807, 2.05) is 18.3 Å². The largest absolute Gasteiger partial charge is 0.481 e. The van der Waals surface area contributed by atoms with Gasteiger partial charge in [0.05, 0.1) is 5.41 Å². The molecule has 0 bridgehead atoms. The molecule has 0 radical (unpaired) electrons. The Balaban J connectivity index is 1.70. The Morgan fingerprint density at radius 3 is 2.48 bits per heavy atom. The second-order valence-corrected chi connectivity index (χ2v) is 6.54. The van der Waals surface area contributed by atoms with E-state index in [-0.39, 0.29) is 5.91 Å². The van der Waals surface area contributed by atoms with E-state index in [0.29, 0.717) is 32.0 Å². The molecule has 0 atom stereocenters. The first-order valence-electron chi connectivity index (χ1n) is 7.71. The van der Waals surface area contributed by atoms with Gasteiger partial charge < -0.3 is 14.6 Å². The minimum absolute atomic E-state index is 0.0411. The normalized spacial score (nSPS) is 21.9. The molecule has 5 heteroatoms. The zero-order valence-electron chi connectivity index (χ0n) is 12.4. The van der Waals surface area contributed by atoms with E-state index in [0.717, 1.165) is 18.5 Å². The molecule has 1 aliphatic heterocycles. The number of amides is 1. The number of piperidine rings is 1. The van der Waals surface area contributed by atoms with E-state index in [1.54, 1.807) is 11.8 Å². The van der Waals surface area contributed by atoms with Crippen LogP contribution >= 0.6 is 0 Å². The van der Waals surface area contributed by atoms with Crippen LogP contribution in [0.2, 0.25) is 0 Å². The number of rotatable bonds is 3. The lowest BCUT2D eigenvalue weighted by molar-refractivity contribution is -0.150. The zero-order valence-corrected chi connectivity index (χ0v) is 12.4. The molecule has 1 N–H and O–H groups in total. The van der Waals surface area contributed by atoms with Gasteiger partial charge in [-0.1, -0.05) is 0 Å². The number of hydrogen-bond donors (Lipinski definition) is 1. The second-order valence-electron chi connectivity index (χ2n) is 6.54. The lowest BCUT2D eigenvalue weighted by atomic mass is 9.80. The fourth-order valence-electron chi connectivity index (χ4n) is 3.14. The number of aliphatic carboxylic acids is 1. The highest BCUT2D eigenvalue weighted by atomic mass is 16.4. The standard InChI is InChI=1S/C16H22N2O3/c1-16(15(20)21)7-10-17(11-8-16)14(19)13-6-3-9-18(13)12-4-2-5-12/h3,6,9,12H,2,4-5,7-8,10-11H2,1H3,(H,20,21). The Morgan fingerprint density at radius 2 is 1.95 bits per heavy atom. The van der Waals surface area contributed by atoms with Crippen LogP contribution in [-0.4, -0.2) is 39.5 Å². The molecule has 2 fully saturated rings. The summed E-state index contributed by atoms with van der Waals surface area (Å²) in [4.78, 5) is 25.7. The summed E-state index contributed by atoms with van der Waals surface area (Å²) in [5.41, 5.74) is 0.0610. The highest BCUT2D eigenvalue weighted by Crippen LogP contribution is 2.34. The average Bonchev–Trinajstić information content (AvgIpc) is 2.85. The van der Waals surface area contributed by atoms with Gasteiger partial charge in [0.1, 0.15) is 5.69 Å². The number of nitrogens with zero attached hydrogens (tertiary/aromatic N) is 2. The topological polar surface area (TPSA) is 62.5 Å². The van der Waals surface area contributed by atoms with Gasteiger partial charge in [0, 0.05) is 25.3 Å². The fourth-order valence-corrected chi connectivity index (χ4v) is 3.14. The van der Waals surface area contributed by atoms with Crippen LogP contribution in [0.1, 0.15) is 55.6 Å². The van der Waals surface area contributed by atoms with E-state index in [9.17, 15) is 14.7 Å². The van der Waals surface area contributed by atoms with Crippen molar-refractivity contribution in [1.82, 2.24) is 9.47 Å². The van der Waals surface area contributed by atoms with E-state index in [1.165, 1.54) is 6.42 Å². The predicted octanol–water partition coefficient (Wildman–Crippen LogP) is 2.54. The number of hydrogen-bond acceptors (Lipinski definition) is 2. The van der Waals surface area contributed by atoms with Crippen LogP contribution in [0.25, 0.3) is 0 Å². The van der Waals surface area contributed by atoms with Gasteiger partial charge in [0.2, 0.25) is 0 Å². The predicted molar refractivity (Wildman–Crippen MR) is 78.2 cm³/mol. The maximum Gasteiger partial charge on any atom is 0.309 e. The van der Waals surface area contributed by atoms with Gasteiger partial charge in [-0.2, -0.15) is 0 Å². The third kappa shape index (κ3) is 2.45. The molecule has 5 nitrogen and oxygen atoms in total. The molecule has 1 amide bonds. The first kappa shape index (κ1) is 14.2. The maximum atomic E-state index is 12.7. The minimum Gasteiger partial charge on any atom is -0.481 e. The first-order valence-corrected chi connectivity index (χ1v) is 7.71. The van der Waals surface area contributed by atoms with Crippen molar-refractivity contribution < 1.29 is 14.7 Å². The van der Waals surface area contributed by atoms with Gasteiger partial charge in [0.25, 0.3) is 5.91 Å². The van der Waals surface area contributed by atoms with Crippen molar-refractivity contribution >= 4 is 11.9 Å². The molecule has 1 saturated carbocycles. The molecule has 0 aromatic carbocycles. The quantitative estimate of drug-likeness (QED) is 0.930. The highest BCUT2D eigenvalue weighted by Gasteiger charge is 2.38. The molecule has 1 aromatic rings. The first-order chi connectivity index (χ1) is 10.0. The monoisotopic (exact) mass is 290 g/mol. The molecular formula is C16H22N2O3. The van der Waals surface area contributed by atoms with Crippen LogP contribution in [-0.2, 0) is 4.79 Å². The van der Waals surface area contributed by atoms with Crippen LogP contribution in [0.5, 0.6) is 0 Å². The number of carboxylic acid groups (broad SMARTS) is 1. The summed E-state index contributed by atoms with van der Waals surface area (Å²) >= 11 is 0. The van der Waals surface area contributed by atoms with Crippen LogP contribution in [0.4, 0.5) is 0 Å². The third-order valence-electron chi connectivity index (χ3n) is 5.14. The molecule has 1 aromatic heterocycles. The molecule has 2 heterocycles. The van der Waals surface area contributed by atoms with Crippen molar-refractivity contribution in [3.05, 3.63) is 24.0 Å². The highest BCUT2D eigenvalue weighted by molar-refractivity contribution is 5.93. The Morgan fingerprint density at radius 1 is 1.29 bits per heavy atom. The Labute approximate surface area is 124 Å². The minimum atomic E-state index is -0.757. The number of likely N-dealkylation sites (tertiary alicyclic amines) is 1. The molecule has 114 valence electrons. The summed E-state index contributed by atoms with van der Waals surface area (Å²) in [5.74, 6) is -0.716. The average molecular weight is 290 g/mol. The third-order valence-corrected chi connectivity index (χ3v) is 5.14. The Bertz CT molecular complexity index is 552. The summed E-state index contributed by atoms with van der Waals surface area (Å²) in [6.07, 6.45) is 6.56. The van der Waals surface area contributed by atoms with Gasteiger partial charge in [-0.15, -0.1) is 0 Å². The van der Waals surface area contributed by atoms with E-state index in [4.69, 9.17) is 0 Å². The maximum absolute atomic E-state index is 12.7. The van der Waals surface area contributed by atoms with Crippen molar-refractivity contribution in [3.8, 4) is 0 Å². The van der Waals surface area contributed by atoms with Crippen molar-refractivity contribution in [3.63, 3.8) is 0 Å². The summed E-state index contributed by atoms with van der Waals surface area (Å²) in [7, 11) is 0. The van der Waals surface area contributed by atoms with E-state index >= 15 is 0 Å². The summed E-state index contributed by atoms with van der Waals surface area (Å²) < 4.78 is 2.09. The van der Waals surface area contributed by atoms with Gasteiger partial charge in [-0.25, -0.2) is 0 Å². The van der Waals surface area contributed by atoms with Gasteiger partial charge >= 0.3 is 5.97 Å². The molecule has 21 heavy (non-hydrogen) atoms.